The van der Waals surface area contributed by atoms with Gasteiger partial charge in [-0.15, -0.1) is 0 Å². The van der Waals surface area contributed by atoms with E-state index < -0.39 is 11.6 Å². The van der Waals surface area contributed by atoms with Gasteiger partial charge in [0.1, 0.15) is 5.75 Å². The van der Waals surface area contributed by atoms with E-state index in [0.29, 0.717) is 19.7 Å². The van der Waals surface area contributed by atoms with Gasteiger partial charge in [0.2, 0.25) is 0 Å². The molecular weight excluding hydrogens is 260 g/mol. The molecule has 2 aromatic carbocycles. The lowest BCUT2D eigenvalue weighted by Gasteiger charge is -2.07. The molecule has 0 aromatic heterocycles. The van der Waals surface area contributed by atoms with Crippen molar-refractivity contribution in [2.45, 2.75) is 20.0 Å². The van der Waals surface area contributed by atoms with Gasteiger partial charge in [0.05, 0.1) is 6.61 Å². The van der Waals surface area contributed by atoms with Gasteiger partial charge in [-0.1, -0.05) is 18.2 Å². The number of hydrogen-bond donors (Lipinski definition) is 1. The van der Waals surface area contributed by atoms with E-state index in [2.05, 4.69) is 5.32 Å². The number of ether oxygens (including phenoxy) is 1. The molecule has 0 radical (unpaired) electrons. The summed E-state index contributed by atoms with van der Waals surface area (Å²) in [5.41, 5.74) is 1.82. The zero-order valence-electron chi connectivity index (χ0n) is 11.3. The summed E-state index contributed by atoms with van der Waals surface area (Å²) >= 11 is 0. The van der Waals surface area contributed by atoms with Crippen molar-refractivity contribution in [1.29, 1.82) is 0 Å². The number of halogens is 2. The van der Waals surface area contributed by atoms with Crippen LogP contribution in [0.25, 0.3) is 0 Å². The molecule has 0 aliphatic carbocycles. The van der Waals surface area contributed by atoms with Crippen LogP contribution in [0.15, 0.2) is 42.5 Å². The maximum atomic E-state index is 13.0. The first-order valence-electron chi connectivity index (χ1n) is 6.55. The molecule has 0 fully saturated rings. The standard InChI is InChI=1S/C16H17F2NO/c1-2-20-14-6-3-12(4-7-14)10-19-11-13-5-8-15(17)16(18)9-13/h3-9,19H,2,10-11H2,1H3. The third-order valence-electron chi connectivity index (χ3n) is 2.88. The summed E-state index contributed by atoms with van der Waals surface area (Å²) in [6.07, 6.45) is 0. The molecule has 0 unspecified atom stereocenters. The Morgan fingerprint density at radius 1 is 0.900 bits per heavy atom. The van der Waals surface area contributed by atoms with E-state index >= 15 is 0 Å². The molecule has 0 spiro atoms. The molecule has 0 bridgehead atoms. The minimum absolute atomic E-state index is 0.490. The lowest BCUT2D eigenvalue weighted by Crippen LogP contribution is -2.12. The van der Waals surface area contributed by atoms with Crippen LogP contribution in [-0.2, 0) is 13.1 Å². The Morgan fingerprint density at radius 2 is 1.55 bits per heavy atom. The molecule has 0 aliphatic heterocycles. The normalized spacial score (nSPS) is 10.6. The van der Waals surface area contributed by atoms with Crippen LogP contribution in [-0.4, -0.2) is 6.61 Å². The summed E-state index contributed by atoms with van der Waals surface area (Å²) in [5, 5.41) is 3.19. The summed E-state index contributed by atoms with van der Waals surface area (Å²) in [5.74, 6) is -0.789. The first-order valence-corrected chi connectivity index (χ1v) is 6.55. The molecule has 0 atom stereocenters. The van der Waals surface area contributed by atoms with Crippen LogP contribution in [0.2, 0.25) is 0 Å². The molecule has 0 heterocycles. The SMILES string of the molecule is CCOc1ccc(CNCc2ccc(F)c(F)c2)cc1. The van der Waals surface area contributed by atoms with E-state index in [1.54, 1.807) is 6.07 Å². The maximum absolute atomic E-state index is 13.0. The molecule has 0 saturated carbocycles. The first-order chi connectivity index (χ1) is 9.69. The third-order valence-corrected chi connectivity index (χ3v) is 2.88. The van der Waals surface area contributed by atoms with Gasteiger partial charge in [-0.3, -0.25) is 0 Å². The Morgan fingerprint density at radius 3 is 2.20 bits per heavy atom. The molecule has 2 nitrogen and oxygen atoms in total. The van der Waals surface area contributed by atoms with E-state index in [0.717, 1.165) is 22.9 Å². The fourth-order valence-electron chi connectivity index (χ4n) is 1.87. The van der Waals surface area contributed by atoms with Crippen LogP contribution in [0.3, 0.4) is 0 Å². The Balaban J connectivity index is 1.84. The second-order valence-corrected chi connectivity index (χ2v) is 4.43. The van der Waals surface area contributed by atoms with Gasteiger partial charge in [0.25, 0.3) is 0 Å². The second-order valence-electron chi connectivity index (χ2n) is 4.43. The minimum Gasteiger partial charge on any atom is -0.494 e. The van der Waals surface area contributed by atoms with E-state index in [-0.39, 0.29) is 0 Å². The predicted octanol–water partition coefficient (Wildman–Crippen LogP) is 3.65. The van der Waals surface area contributed by atoms with Gasteiger partial charge >= 0.3 is 0 Å². The van der Waals surface area contributed by atoms with Crippen molar-refractivity contribution in [3.8, 4) is 5.75 Å². The average Bonchev–Trinajstić information content (AvgIpc) is 2.45. The van der Waals surface area contributed by atoms with Crippen LogP contribution < -0.4 is 10.1 Å². The lowest BCUT2D eigenvalue weighted by molar-refractivity contribution is 0.340. The topological polar surface area (TPSA) is 21.3 Å². The molecule has 0 amide bonds. The molecule has 0 aliphatic rings. The Bertz CT molecular complexity index is 555. The van der Waals surface area contributed by atoms with E-state index in [1.807, 2.05) is 31.2 Å². The van der Waals surface area contributed by atoms with Crippen molar-refractivity contribution in [2.75, 3.05) is 6.61 Å². The predicted molar refractivity (Wildman–Crippen MR) is 74.5 cm³/mol. The number of nitrogens with one attached hydrogen (secondary N) is 1. The quantitative estimate of drug-likeness (QED) is 0.870. The van der Waals surface area contributed by atoms with E-state index in [1.165, 1.54) is 6.07 Å². The molecule has 0 saturated heterocycles. The van der Waals surface area contributed by atoms with Gasteiger partial charge in [0.15, 0.2) is 11.6 Å². The first kappa shape index (κ1) is 14.5. The van der Waals surface area contributed by atoms with Crippen molar-refractivity contribution >= 4 is 0 Å². The molecule has 20 heavy (non-hydrogen) atoms. The summed E-state index contributed by atoms with van der Waals surface area (Å²) in [6, 6.07) is 11.7. The van der Waals surface area contributed by atoms with Crippen molar-refractivity contribution in [3.05, 3.63) is 65.2 Å². The largest absolute Gasteiger partial charge is 0.494 e. The fourth-order valence-corrected chi connectivity index (χ4v) is 1.87. The Labute approximate surface area is 117 Å². The summed E-state index contributed by atoms with van der Waals surface area (Å²) < 4.78 is 31.2. The molecule has 1 N–H and O–H groups in total. The van der Waals surface area contributed by atoms with Crippen LogP contribution in [0.1, 0.15) is 18.1 Å². The van der Waals surface area contributed by atoms with Gasteiger partial charge in [-0.05, 0) is 42.3 Å². The van der Waals surface area contributed by atoms with Crippen molar-refractivity contribution in [3.63, 3.8) is 0 Å². The van der Waals surface area contributed by atoms with Gasteiger partial charge in [0, 0.05) is 13.1 Å². The monoisotopic (exact) mass is 277 g/mol. The van der Waals surface area contributed by atoms with Crippen LogP contribution in [0.5, 0.6) is 5.75 Å². The smallest absolute Gasteiger partial charge is 0.159 e. The highest BCUT2D eigenvalue weighted by molar-refractivity contribution is 5.27. The molecule has 2 rings (SSSR count). The van der Waals surface area contributed by atoms with Crippen LogP contribution in [0.4, 0.5) is 8.78 Å². The van der Waals surface area contributed by atoms with Crippen LogP contribution >= 0.6 is 0 Å². The van der Waals surface area contributed by atoms with Gasteiger partial charge in [-0.2, -0.15) is 0 Å². The van der Waals surface area contributed by atoms with Gasteiger partial charge in [-0.25, -0.2) is 8.78 Å². The fraction of sp³-hybridized carbons (Fsp3) is 0.250. The van der Waals surface area contributed by atoms with E-state index in [4.69, 9.17) is 4.74 Å². The van der Waals surface area contributed by atoms with Crippen molar-refractivity contribution in [2.24, 2.45) is 0 Å². The van der Waals surface area contributed by atoms with Crippen molar-refractivity contribution < 1.29 is 13.5 Å². The maximum Gasteiger partial charge on any atom is 0.159 e. The number of rotatable bonds is 6. The third kappa shape index (κ3) is 4.03. The second kappa shape index (κ2) is 7.01. The van der Waals surface area contributed by atoms with E-state index in [9.17, 15) is 8.78 Å². The molecule has 106 valence electrons. The summed E-state index contributed by atoms with van der Waals surface area (Å²) in [6.45, 7) is 3.74. The highest BCUT2D eigenvalue weighted by atomic mass is 19.2. The minimum atomic E-state index is -0.819. The lowest BCUT2D eigenvalue weighted by atomic mass is 10.2. The number of hydrogen-bond acceptors (Lipinski definition) is 2. The van der Waals surface area contributed by atoms with Crippen LogP contribution in [0, 0.1) is 11.6 Å². The Kier molecular flexibility index (Phi) is 5.07. The van der Waals surface area contributed by atoms with Crippen molar-refractivity contribution in [1.82, 2.24) is 5.32 Å². The highest BCUT2D eigenvalue weighted by Crippen LogP contribution is 2.12. The van der Waals surface area contributed by atoms with Gasteiger partial charge < -0.3 is 10.1 Å². The number of benzene rings is 2. The summed E-state index contributed by atoms with van der Waals surface area (Å²) in [7, 11) is 0. The Hall–Kier alpha value is -1.94. The molecule has 2 aromatic rings. The molecule has 4 heteroatoms. The summed E-state index contributed by atoms with van der Waals surface area (Å²) in [4.78, 5) is 0. The zero-order valence-corrected chi connectivity index (χ0v) is 11.3. The zero-order chi connectivity index (χ0) is 14.4. The molecular formula is C16H17F2NO. The highest BCUT2D eigenvalue weighted by Gasteiger charge is 2.02. The average molecular weight is 277 g/mol.